The fourth-order valence-electron chi connectivity index (χ4n) is 15.8. The van der Waals surface area contributed by atoms with Crippen LogP contribution in [0.25, 0.3) is 21.2 Å². The van der Waals surface area contributed by atoms with E-state index in [0.717, 1.165) is 29.9 Å². The number of nitrogens with zero attached hydrogens (tertiary/aromatic N) is 3. The zero-order valence-corrected chi connectivity index (χ0v) is 53.9. The van der Waals surface area contributed by atoms with Crippen LogP contribution in [0.4, 0.5) is 51.2 Å². The molecule has 0 bridgehead atoms. The van der Waals surface area contributed by atoms with Gasteiger partial charge in [-0.2, -0.15) is 0 Å². The average Bonchev–Trinajstić information content (AvgIpc) is 1.32. The lowest BCUT2D eigenvalue weighted by Crippen LogP contribution is -2.60. The van der Waals surface area contributed by atoms with Crippen LogP contribution in [0.15, 0.2) is 158 Å². The minimum atomic E-state index is -0.0694. The maximum absolute atomic E-state index is 2.78. The van der Waals surface area contributed by atoms with E-state index >= 15 is 0 Å². The third-order valence-electron chi connectivity index (χ3n) is 21.5. The Bertz CT molecular complexity index is 4150. The summed E-state index contributed by atoms with van der Waals surface area (Å²) in [5.74, 6) is 0. The summed E-state index contributed by atoms with van der Waals surface area (Å²) in [5, 5.41) is 1.37. The number of anilines is 9. The van der Waals surface area contributed by atoms with E-state index in [-0.39, 0.29) is 44.6 Å². The van der Waals surface area contributed by atoms with Crippen molar-refractivity contribution in [1.29, 1.82) is 0 Å². The first kappa shape index (κ1) is 55.1. The molecule has 0 saturated carbocycles. The van der Waals surface area contributed by atoms with E-state index in [1.165, 1.54) is 141 Å². The molecule has 5 aliphatic rings. The van der Waals surface area contributed by atoms with Gasteiger partial charge in [0.25, 0.3) is 6.71 Å². The highest BCUT2D eigenvalue weighted by molar-refractivity contribution is 7.33. The molecule has 0 unspecified atom stereocenters. The van der Waals surface area contributed by atoms with Gasteiger partial charge in [-0.25, -0.2) is 0 Å². The summed E-state index contributed by atoms with van der Waals surface area (Å²) in [6.45, 7) is 39.4. The van der Waals surface area contributed by atoms with Gasteiger partial charge in [0.2, 0.25) is 0 Å². The molecule has 0 radical (unpaired) electrons. The highest BCUT2D eigenvalue weighted by atomic mass is 32.1. The first-order chi connectivity index (χ1) is 39.6. The summed E-state index contributed by atoms with van der Waals surface area (Å²) in [6.07, 6.45) is 7.00. The van der Waals surface area contributed by atoms with Crippen LogP contribution in [0.3, 0.4) is 0 Å². The SMILES string of the molecule is Cc1cc2c(cc1N1c3ccc(C(C)(C)C)cc3B3c4sc5cc6c(cc5c4N(c4ccc5c(c4)C(C)(C)CCC5(C)C)c4cc(N(c5ccccc5)c5ccc(-c7ccccc7)cc5)cc1c43)C(C)(C)CCC6(C)C)C(C)(C)CCC2(C)C. The van der Waals surface area contributed by atoms with Crippen LogP contribution in [-0.4, -0.2) is 6.71 Å². The van der Waals surface area contributed by atoms with E-state index in [2.05, 4.69) is 295 Å². The molecular weight excluding hydrogens is 1030 g/mol. The number of hydrogen-bond donors (Lipinski definition) is 0. The molecule has 3 aliphatic carbocycles. The average molecular weight is 1120 g/mol. The zero-order valence-electron chi connectivity index (χ0n) is 53.1. The van der Waals surface area contributed by atoms with Gasteiger partial charge in [-0.15, -0.1) is 11.3 Å². The maximum atomic E-state index is 2.78. The van der Waals surface area contributed by atoms with Crippen LogP contribution in [0.5, 0.6) is 0 Å². The van der Waals surface area contributed by atoms with Crippen molar-refractivity contribution in [1.82, 2.24) is 0 Å². The molecule has 9 aromatic rings. The molecule has 8 aromatic carbocycles. The van der Waals surface area contributed by atoms with Gasteiger partial charge in [-0.1, -0.05) is 189 Å². The van der Waals surface area contributed by atoms with Gasteiger partial charge in [0, 0.05) is 54.7 Å². The largest absolute Gasteiger partial charge is 0.311 e. The fourth-order valence-corrected chi connectivity index (χ4v) is 17.1. The van der Waals surface area contributed by atoms with E-state index in [1.807, 2.05) is 0 Å². The Morgan fingerprint density at radius 1 is 0.429 bits per heavy atom. The van der Waals surface area contributed by atoms with Crippen LogP contribution in [0.1, 0.15) is 187 Å². The summed E-state index contributed by atoms with van der Waals surface area (Å²) >= 11 is 2.07. The highest BCUT2D eigenvalue weighted by Crippen LogP contribution is 2.57. The Balaban J connectivity index is 1.14. The maximum Gasteiger partial charge on any atom is 0.264 e. The van der Waals surface area contributed by atoms with Gasteiger partial charge in [-0.05, 0) is 223 Å². The van der Waals surface area contributed by atoms with Gasteiger partial charge in [0.15, 0.2) is 0 Å². The standard InChI is InChI=1S/C79H86BN3S/c1-49-41-59-62(78(13,14)39-37-75(59,7)8)47-66(49)83-65-34-29-52(73(2,3)4)42-64(65)80-70-67(44-56(45-68(70)83)81(53-25-21-18-22-26-53)54-30-27-51(28-31-54)50-23-19-17-20-24-50)82(55-32-33-58-60(43-55)76(9,10)36-35-74(58,5)6)71-57-46-61-63(48-69(57)84-72(71)80)79(15,16)40-38-77(61,11)12/h17-34,41-48H,35-40H2,1-16H3. The second-order valence-electron chi connectivity index (χ2n) is 31.0. The van der Waals surface area contributed by atoms with Crippen molar-refractivity contribution in [2.45, 2.75) is 187 Å². The first-order valence-electron chi connectivity index (χ1n) is 31.5. The molecule has 0 fully saturated rings. The quantitative estimate of drug-likeness (QED) is 0.154. The Morgan fingerprint density at radius 2 is 0.929 bits per heavy atom. The molecule has 0 spiro atoms. The van der Waals surface area contributed by atoms with Crippen molar-refractivity contribution in [3.8, 4) is 11.1 Å². The van der Waals surface area contributed by atoms with Crippen molar-refractivity contribution in [3.63, 3.8) is 0 Å². The molecule has 0 atom stereocenters. The smallest absolute Gasteiger partial charge is 0.264 e. The number of rotatable bonds is 6. The van der Waals surface area contributed by atoms with Crippen molar-refractivity contribution in [2.75, 3.05) is 14.7 Å². The number of hydrogen-bond acceptors (Lipinski definition) is 4. The lowest BCUT2D eigenvalue weighted by Gasteiger charge is -2.47. The van der Waals surface area contributed by atoms with Gasteiger partial charge in [0.05, 0.1) is 11.4 Å². The van der Waals surface area contributed by atoms with Crippen molar-refractivity contribution in [2.24, 2.45) is 0 Å². The molecule has 3 nitrogen and oxygen atoms in total. The molecule has 1 aromatic heterocycles. The van der Waals surface area contributed by atoms with Gasteiger partial charge in [-0.3, -0.25) is 0 Å². The topological polar surface area (TPSA) is 9.72 Å². The molecule has 0 saturated heterocycles. The monoisotopic (exact) mass is 1120 g/mol. The second-order valence-corrected chi connectivity index (χ2v) is 32.1. The minimum Gasteiger partial charge on any atom is -0.311 e. The Kier molecular flexibility index (Phi) is 12.2. The first-order valence-corrected chi connectivity index (χ1v) is 32.3. The van der Waals surface area contributed by atoms with E-state index in [1.54, 1.807) is 0 Å². The Morgan fingerprint density at radius 3 is 1.52 bits per heavy atom. The van der Waals surface area contributed by atoms with Crippen LogP contribution in [-0.2, 0) is 37.9 Å². The second kappa shape index (κ2) is 18.6. The summed E-state index contributed by atoms with van der Waals surface area (Å²) in [7, 11) is 0. The molecule has 5 heteroatoms. The summed E-state index contributed by atoms with van der Waals surface area (Å²) in [4.78, 5) is 8.04. The predicted octanol–water partition coefficient (Wildman–Crippen LogP) is 20.8. The third-order valence-corrected chi connectivity index (χ3v) is 22.7. The zero-order chi connectivity index (χ0) is 59.0. The van der Waals surface area contributed by atoms with Crippen LogP contribution in [0.2, 0.25) is 0 Å². The normalized spacial score (nSPS) is 18.9. The fraction of sp³-hybridized carbons (Fsp3) is 0.367. The summed E-state index contributed by atoms with van der Waals surface area (Å²) < 4.78 is 2.83. The predicted molar refractivity (Wildman–Crippen MR) is 365 cm³/mol. The molecule has 0 N–H and O–H groups in total. The van der Waals surface area contributed by atoms with Crippen LogP contribution >= 0.6 is 11.3 Å². The lowest BCUT2D eigenvalue weighted by molar-refractivity contribution is 0.332. The van der Waals surface area contributed by atoms with Gasteiger partial charge < -0.3 is 14.7 Å². The number of thiophene rings is 1. The van der Waals surface area contributed by atoms with E-state index in [0.29, 0.717) is 0 Å². The van der Waals surface area contributed by atoms with Crippen molar-refractivity contribution in [3.05, 3.63) is 202 Å². The minimum absolute atomic E-state index is 0.0100. The third kappa shape index (κ3) is 8.53. The number of aryl methyl sites for hydroxylation is 1. The van der Waals surface area contributed by atoms with Crippen molar-refractivity contribution < 1.29 is 0 Å². The van der Waals surface area contributed by atoms with Gasteiger partial charge >= 0.3 is 0 Å². The molecule has 3 heterocycles. The van der Waals surface area contributed by atoms with E-state index in [9.17, 15) is 0 Å². The van der Waals surface area contributed by atoms with E-state index in [4.69, 9.17) is 0 Å². The van der Waals surface area contributed by atoms with Crippen LogP contribution < -0.4 is 30.4 Å². The Labute approximate surface area is 507 Å². The molecule has 0 amide bonds. The highest BCUT2D eigenvalue weighted by Gasteiger charge is 2.49. The molecule has 84 heavy (non-hydrogen) atoms. The number of para-hydroxylation sites is 1. The summed E-state index contributed by atoms with van der Waals surface area (Å²) in [5.41, 5.74) is 28.0. The molecule has 2 aliphatic heterocycles. The lowest BCUT2D eigenvalue weighted by atomic mass is 9.36. The Hall–Kier alpha value is -6.82. The number of benzene rings is 8. The number of fused-ring (bicyclic) bond motifs is 9. The van der Waals surface area contributed by atoms with E-state index < -0.39 is 0 Å². The molecular formula is C79H86BN3S. The van der Waals surface area contributed by atoms with Crippen molar-refractivity contribution >= 4 is 95.0 Å². The molecule has 426 valence electrons. The molecule has 14 rings (SSSR count). The summed E-state index contributed by atoms with van der Waals surface area (Å²) in [6, 6.07) is 62.2. The van der Waals surface area contributed by atoms with Crippen LogP contribution in [0, 0.1) is 6.92 Å². The van der Waals surface area contributed by atoms with Gasteiger partial charge in [0.1, 0.15) is 0 Å².